The predicted molar refractivity (Wildman–Crippen MR) is 293 cm³/mol. The van der Waals surface area contributed by atoms with Crippen molar-refractivity contribution in [2.75, 3.05) is 19.8 Å². The number of rotatable bonds is 18. The van der Waals surface area contributed by atoms with Crippen LogP contribution < -0.4 is 19.6 Å². The molecule has 4 fully saturated rings. The maximum Gasteiger partial charge on any atom is 0.402 e. The third kappa shape index (κ3) is 13.2. The molecule has 0 bridgehead atoms. The van der Waals surface area contributed by atoms with Crippen molar-refractivity contribution in [1.82, 2.24) is 0 Å². The molecular formula is C57H59O35+. The third-order valence-corrected chi connectivity index (χ3v) is 15.2. The van der Waals surface area contributed by atoms with E-state index in [1.54, 1.807) is 0 Å². The number of carboxylic acid groups (broad SMARTS) is 1. The van der Waals surface area contributed by atoms with Gasteiger partial charge in [-0.25, -0.2) is 9.21 Å². The number of phenols is 6. The van der Waals surface area contributed by atoms with Crippen LogP contribution in [0.4, 0.5) is 0 Å². The van der Waals surface area contributed by atoms with Crippen LogP contribution in [0.5, 0.6) is 51.7 Å². The number of carbonyl (C=O) groups excluding carboxylic acids is 2. The molecule has 0 unspecified atom stereocenters. The van der Waals surface area contributed by atoms with Crippen molar-refractivity contribution in [1.29, 1.82) is 0 Å². The molecule has 4 aliphatic heterocycles. The molecule has 6 heterocycles. The highest BCUT2D eigenvalue weighted by atomic mass is 16.8. The Balaban J connectivity index is 0.876. The van der Waals surface area contributed by atoms with E-state index in [4.69, 9.17) is 56.2 Å². The van der Waals surface area contributed by atoms with Gasteiger partial charge in [0.2, 0.25) is 35.8 Å². The topological polar surface area (TPSA) is 569 Å². The quantitative estimate of drug-likeness (QED) is 0.0169. The Morgan fingerprint density at radius 3 is 1.79 bits per heavy atom. The van der Waals surface area contributed by atoms with Crippen molar-refractivity contribution in [3.8, 4) is 74.4 Å². The second-order valence-electron chi connectivity index (χ2n) is 21.4. The van der Waals surface area contributed by atoms with Crippen molar-refractivity contribution in [2.45, 2.75) is 129 Å². The van der Waals surface area contributed by atoms with Crippen LogP contribution >= 0.6 is 0 Å². The number of aliphatic hydroxyl groups excluding tert-OH is 12. The highest BCUT2D eigenvalue weighted by molar-refractivity contribution is 5.92. The Hall–Kier alpha value is -8.57. The van der Waals surface area contributed by atoms with Crippen molar-refractivity contribution in [2.24, 2.45) is 0 Å². The Labute approximate surface area is 512 Å². The normalized spacial score (nSPS) is 31.6. The number of esters is 2. The second-order valence-corrected chi connectivity index (χ2v) is 21.4. The van der Waals surface area contributed by atoms with Crippen LogP contribution in [0.1, 0.15) is 6.42 Å². The molecule has 35 heteroatoms. The minimum absolute atomic E-state index is 0.0127. The molecule has 0 saturated carbocycles. The van der Waals surface area contributed by atoms with Gasteiger partial charge in [0.25, 0.3) is 0 Å². The first-order chi connectivity index (χ1) is 43.7. The summed E-state index contributed by atoms with van der Waals surface area (Å²) in [4.78, 5) is 53.6. The summed E-state index contributed by atoms with van der Waals surface area (Å²) in [5.74, 6) is -11.1. The zero-order valence-corrected chi connectivity index (χ0v) is 46.8. The van der Waals surface area contributed by atoms with E-state index in [0.717, 1.165) is 48.5 Å². The fourth-order valence-corrected chi connectivity index (χ4v) is 10.3. The summed E-state index contributed by atoms with van der Waals surface area (Å²) in [5.41, 5.74) is -2.09. The first-order valence-electron chi connectivity index (χ1n) is 27.5. The summed E-state index contributed by atoms with van der Waals surface area (Å²) in [5, 5.41) is 200. The lowest BCUT2D eigenvalue weighted by atomic mass is 9.97. The van der Waals surface area contributed by atoms with Gasteiger partial charge in [0, 0.05) is 35.9 Å². The number of aliphatic hydroxyl groups is 12. The van der Waals surface area contributed by atoms with Crippen molar-refractivity contribution >= 4 is 39.8 Å². The Morgan fingerprint density at radius 2 is 1.13 bits per heavy atom. The van der Waals surface area contributed by atoms with Crippen LogP contribution in [0.25, 0.3) is 44.6 Å². The molecule has 4 saturated heterocycles. The van der Waals surface area contributed by atoms with Gasteiger partial charge in [-0.3, -0.25) is 14.4 Å². The Morgan fingerprint density at radius 1 is 0.522 bits per heavy atom. The lowest BCUT2D eigenvalue weighted by Crippen LogP contribution is -2.65. The van der Waals surface area contributed by atoms with E-state index in [1.807, 2.05) is 0 Å². The van der Waals surface area contributed by atoms with Crippen molar-refractivity contribution in [3.05, 3.63) is 83.0 Å². The van der Waals surface area contributed by atoms with Crippen molar-refractivity contribution < 1.29 is 168 Å². The van der Waals surface area contributed by atoms with Gasteiger partial charge in [0.05, 0.1) is 24.8 Å². The molecule has 4 aromatic carbocycles. The smallest absolute Gasteiger partial charge is 0.402 e. The maximum atomic E-state index is 14.7. The van der Waals surface area contributed by atoms with Gasteiger partial charge in [0.1, 0.15) is 137 Å². The van der Waals surface area contributed by atoms with Crippen LogP contribution in [0.3, 0.4) is 0 Å². The Kier molecular flexibility index (Phi) is 19.4. The van der Waals surface area contributed by atoms with Crippen LogP contribution in [-0.2, 0) is 47.5 Å². The Bertz CT molecular complexity index is 3750. The van der Waals surface area contributed by atoms with Crippen LogP contribution in [-0.4, -0.2) is 258 Å². The molecular weight excluding hydrogens is 1240 g/mol. The predicted octanol–water partition coefficient (Wildman–Crippen LogP) is -3.97. The lowest BCUT2D eigenvalue weighted by molar-refractivity contribution is -0.358. The zero-order chi connectivity index (χ0) is 66.5. The number of hydrogen-bond donors (Lipinski definition) is 19. The average molecular weight is 1300 g/mol. The third-order valence-electron chi connectivity index (χ3n) is 15.2. The first-order valence-corrected chi connectivity index (χ1v) is 27.5. The minimum Gasteiger partial charge on any atom is -0.508 e. The molecule has 0 spiro atoms. The number of carbonyl (C=O) groups is 3. The number of carboxylic acids is 1. The maximum absolute atomic E-state index is 14.7. The van der Waals surface area contributed by atoms with Gasteiger partial charge in [-0.15, -0.1) is 0 Å². The van der Waals surface area contributed by atoms with E-state index < -0.39 is 229 Å². The molecule has 19 N–H and O–H groups in total. The van der Waals surface area contributed by atoms with Gasteiger partial charge < -0.3 is 149 Å². The lowest BCUT2D eigenvalue weighted by Gasteiger charge is -2.45. The summed E-state index contributed by atoms with van der Waals surface area (Å²) in [6, 6.07) is 12.8. The molecule has 0 radical (unpaired) electrons. The summed E-state index contributed by atoms with van der Waals surface area (Å²) < 4.78 is 68.0. The minimum atomic E-state index is -2.41. The summed E-state index contributed by atoms with van der Waals surface area (Å²) >= 11 is 0. The summed E-state index contributed by atoms with van der Waals surface area (Å²) in [7, 11) is 0. The fraction of sp³-hybridized carbons (Fsp3) is 0.421. The number of hydrogen-bond acceptors (Lipinski definition) is 33. The molecule has 6 aromatic rings. The largest absolute Gasteiger partial charge is 0.508 e. The molecule has 4 aliphatic rings. The molecule has 496 valence electrons. The summed E-state index contributed by atoms with van der Waals surface area (Å²) in [6.45, 7) is -2.92. The highest BCUT2D eigenvalue weighted by Crippen LogP contribution is 2.44. The fourth-order valence-electron chi connectivity index (χ4n) is 10.3. The van der Waals surface area contributed by atoms with Gasteiger partial charge in [-0.05, 0) is 36.4 Å². The molecule has 0 aliphatic carbocycles. The number of aromatic hydroxyl groups is 6. The van der Waals surface area contributed by atoms with Gasteiger partial charge in [-0.2, -0.15) is 0 Å². The number of fused-ring (bicyclic) bond motifs is 2. The van der Waals surface area contributed by atoms with E-state index in [-0.39, 0.29) is 39.4 Å². The van der Waals surface area contributed by atoms with E-state index in [2.05, 4.69) is 0 Å². The van der Waals surface area contributed by atoms with Gasteiger partial charge >= 0.3 is 29.3 Å². The molecule has 20 atom stereocenters. The average Bonchev–Trinajstić information content (AvgIpc) is 0.901. The molecule has 0 amide bonds. The van der Waals surface area contributed by atoms with E-state index in [9.17, 15) is 116 Å². The van der Waals surface area contributed by atoms with Crippen LogP contribution in [0.2, 0.25) is 0 Å². The van der Waals surface area contributed by atoms with Crippen LogP contribution in [0.15, 0.2) is 86.4 Å². The van der Waals surface area contributed by atoms with Crippen LogP contribution in [0, 0.1) is 0 Å². The SMILES string of the molecule is O=C(CC(=O)O[C@H]1[C@H](Oc2cc(O)c3c(=O)c(O[C@@H]4O[C@@H](CO)[C@@H](O)[C@H](O)[C@H]4O[C@@H]4O[C@@H](CO)[C@@H](O)[C@H](O)[C@H]4O)c(-c4ccc(O)cc4)oc3c2)O[C@@H](C(=O)O)[C@@H](O)[C@@H]1O)OC[C@@H]1O[C@@H](Oc2cc3c(O)cc(O)cc3[o+]c2-c2ccc(O)c(O)c2)[C@H](O)[C@@H](O)[C@@H]1O. The molecule has 35 nitrogen and oxygen atoms in total. The van der Waals surface area contributed by atoms with E-state index >= 15 is 0 Å². The number of phenolic OH excluding ortho intramolecular Hbond substituents is 6. The number of benzene rings is 4. The van der Waals surface area contributed by atoms with Gasteiger partial charge in [-0.1, -0.05) is 0 Å². The number of aliphatic carboxylic acids is 1. The number of ether oxygens (including phenoxy) is 10. The van der Waals surface area contributed by atoms with E-state index in [1.165, 1.54) is 18.2 Å². The standard InChI is InChI=1S/C57H58O35/c58-14-30-36(68)40(72)46(78)55(86-30)92-52-42(74)37(69)31(15-59)87-57(52)90-49-39(71)35-26(65)10-21(11-28(35)84-48(49)17-1-4-19(60)5-2-17)82-56-51(44(76)43(75)50(91-56)53(79)80)89-34(67)13-33(66)81-16-32-38(70)41(73)45(77)54(88-32)85-29-12-22-24(63)8-20(61)9-27(22)83-47(29)18-3-6-23(62)25(64)7-18/h1-12,30-32,36-38,40-46,50-52,54-59,68-70,72-78H,13-16H2,(H6-,60,61,62,63,64,65,71,79,80)/p+1/t30-,31-,32-,36+,37+,38+,40-,41-,42-,43-,44-,45+,46+,50+,51+,52+,54+,55-,56+,57-/m0/s1. The second kappa shape index (κ2) is 26.9. The zero-order valence-electron chi connectivity index (χ0n) is 46.8. The molecule has 10 rings (SSSR count). The molecule has 92 heavy (non-hydrogen) atoms. The molecule has 2 aromatic heterocycles. The summed E-state index contributed by atoms with van der Waals surface area (Å²) in [6.07, 6.45) is -42.6. The highest BCUT2D eigenvalue weighted by Gasteiger charge is 2.54. The monoisotopic (exact) mass is 1300 g/mol. The van der Waals surface area contributed by atoms with E-state index in [0.29, 0.717) is 6.07 Å². The van der Waals surface area contributed by atoms with Crippen molar-refractivity contribution in [3.63, 3.8) is 0 Å². The van der Waals surface area contributed by atoms with Gasteiger partial charge in [0.15, 0.2) is 41.9 Å². The first kappa shape index (κ1) is 66.4.